The molecule has 1 aromatic carbocycles. The number of anilines is 1. The maximum absolute atomic E-state index is 11.9. The Morgan fingerprint density at radius 2 is 2.05 bits per heavy atom. The van der Waals surface area contributed by atoms with Crippen LogP contribution in [0, 0.1) is 6.92 Å². The third-order valence-electron chi connectivity index (χ3n) is 2.95. The first-order valence-corrected chi connectivity index (χ1v) is 8.23. The molecule has 2 amide bonds. The predicted molar refractivity (Wildman–Crippen MR) is 83.3 cm³/mol. The van der Waals surface area contributed by atoms with Gasteiger partial charge in [-0.3, -0.25) is 4.21 Å². The van der Waals surface area contributed by atoms with Gasteiger partial charge in [-0.05, 0) is 38.0 Å². The summed E-state index contributed by atoms with van der Waals surface area (Å²) in [4.78, 5) is 22.8. The monoisotopic (exact) mass is 312 g/mol. The van der Waals surface area contributed by atoms with E-state index < -0.39 is 22.8 Å². The van der Waals surface area contributed by atoms with Crippen molar-refractivity contribution in [2.24, 2.45) is 0 Å². The molecule has 0 heterocycles. The van der Waals surface area contributed by atoms with Gasteiger partial charge in [-0.1, -0.05) is 6.07 Å². The lowest BCUT2D eigenvalue weighted by atomic mass is 10.1. The van der Waals surface area contributed by atoms with Crippen molar-refractivity contribution in [2.75, 3.05) is 17.3 Å². The number of carboxylic acid groups (broad SMARTS) is 1. The van der Waals surface area contributed by atoms with E-state index in [1.165, 1.54) is 12.1 Å². The van der Waals surface area contributed by atoms with E-state index in [-0.39, 0.29) is 11.6 Å². The Balaban J connectivity index is 2.64. The molecule has 0 saturated carbocycles. The van der Waals surface area contributed by atoms with Gasteiger partial charge in [0.1, 0.15) is 0 Å². The molecule has 6 nitrogen and oxygen atoms in total. The van der Waals surface area contributed by atoms with Crippen molar-refractivity contribution in [3.8, 4) is 0 Å². The van der Waals surface area contributed by atoms with Gasteiger partial charge in [-0.15, -0.1) is 0 Å². The molecule has 0 fully saturated rings. The number of hydrogen-bond acceptors (Lipinski definition) is 3. The van der Waals surface area contributed by atoms with E-state index in [4.69, 9.17) is 5.11 Å². The summed E-state index contributed by atoms with van der Waals surface area (Å²) in [5.41, 5.74) is 1.35. The number of hydrogen-bond donors (Lipinski definition) is 3. The minimum Gasteiger partial charge on any atom is -0.478 e. The number of amides is 2. The second kappa shape index (κ2) is 7.78. The Bertz CT molecular complexity index is 560. The molecular weight excluding hydrogens is 292 g/mol. The number of carbonyl (C=O) groups is 2. The third-order valence-corrected chi connectivity index (χ3v) is 3.76. The van der Waals surface area contributed by atoms with Gasteiger partial charge < -0.3 is 15.7 Å². The van der Waals surface area contributed by atoms with Crippen molar-refractivity contribution in [3.63, 3.8) is 0 Å². The second-order valence-corrected chi connectivity index (χ2v) is 6.45. The van der Waals surface area contributed by atoms with Crippen LogP contribution in [0.4, 0.5) is 10.5 Å². The van der Waals surface area contributed by atoms with Gasteiger partial charge in [-0.2, -0.15) is 0 Å². The molecule has 0 aliphatic rings. The number of carbonyl (C=O) groups excluding carboxylic acids is 1. The van der Waals surface area contributed by atoms with Gasteiger partial charge >= 0.3 is 12.0 Å². The number of aryl methyl sites for hydroxylation is 1. The largest absolute Gasteiger partial charge is 0.478 e. The molecule has 0 aromatic heterocycles. The average Bonchev–Trinajstić information content (AvgIpc) is 2.38. The Labute approximate surface area is 126 Å². The van der Waals surface area contributed by atoms with Gasteiger partial charge in [0, 0.05) is 34.5 Å². The first-order valence-electron chi connectivity index (χ1n) is 6.51. The summed E-state index contributed by atoms with van der Waals surface area (Å²) >= 11 is 0. The van der Waals surface area contributed by atoms with Crippen LogP contribution in [0.15, 0.2) is 18.2 Å². The lowest BCUT2D eigenvalue weighted by Crippen LogP contribution is -2.37. The van der Waals surface area contributed by atoms with Gasteiger partial charge in [-0.25, -0.2) is 9.59 Å². The van der Waals surface area contributed by atoms with E-state index in [9.17, 15) is 13.8 Å². The van der Waals surface area contributed by atoms with Gasteiger partial charge in [0.2, 0.25) is 0 Å². The standard InChI is InChI=1S/C14H20N2O4S/c1-9-4-5-11(13(17)18)8-12(9)16-14(19)15-10(2)6-7-21(3)20/h4-5,8,10H,6-7H2,1-3H3,(H,17,18)(H2,15,16,19). The maximum Gasteiger partial charge on any atom is 0.335 e. The zero-order valence-electron chi connectivity index (χ0n) is 12.3. The van der Waals surface area contributed by atoms with Crippen molar-refractivity contribution < 1.29 is 18.9 Å². The van der Waals surface area contributed by atoms with Crippen molar-refractivity contribution >= 4 is 28.5 Å². The molecular formula is C14H20N2O4S. The van der Waals surface area contributed by atoms with Crippen LogP contribution in [0.3, 0.4) is 0 Å². The first kappa shape index (κ1) is 17.2. The van der Waals surface area contributed by atoms with Crippen LogP contribution in [0.1, 0.15) is 29.3 Å². The molecule has 116 valence electrons. The van der Waals surface area contributed by atoms with Crippen molar-refractivity contribution in [1.29, 1.82) is 0 Å². The number of nitrogens with one attached hydrogen (secondary N) is 2. The minimum atomic E-state index is -1.04. The van der Waals surface area contributed by atoms with Crippen molar-refractivity contribution in [1.82, 2.24) is 5.32 Å². The first-order chi connectivity index (χ1) is 9.79. The fraction of sp³-hybridized carbons (Fsp3) is 0.429. The summed E-state index contributed by atoms with van der Waals surface area (Å²) in [7, 11) is -0.888. The second-order valence-electron chi connectivity index (χ2n) is 4.90. The summed E-state index contributed by atoms with van der Waals surface area (Å²) in [6, 6.07) is 4.03. The molecule has 21 heavy (non-hydrogen) atoms. The summed E-state index contributed by atoms with van der Waals surface area (Å²) in [6.07, 6.45) is 2.23. The number of urea groups is 1. The zero-order valence-corrected chi connectivity index (χ0v) is 13.1. The van der Waals surface area contributed by atoms with E-state index in [1.54, 1.807) is 19.2 Å². The highest BCUT2D eigenvalue weighted by Gasteiger charge is 2.11. The highest BCUT2D eigenvalue weighted by Crippen LogP contribution is 2.16. The SMILES string of the molecule is Cc1ccc(C(=O)O)cc1NC(=O)NC(C)CCS(C)=O. The summed E-state index contributed by atoms with van der Waals surface area (Å²) < 4.78 is 11.0. The average molecular weight is 312 g/mol. The van der Waals surface area contributed by atoms with E-state index in [0.29, 0.717) is 17.9 Å². The Morgan fingerprint density at radius 1 is 1.38 bits per heavy atom. The maximum atomic E-state index is 11.9. The van der Waals surface area contributed by atoms with Crippen LogP contribution in [-0.4, -0.2) is 39.4 Å². The van der Waals surface area contributed by atoms with Crippen LogP contribution in [0.5, 0.6) is 0 Å². The topological polar surface area (TPSA) is 95.5 Å². The van der Waals surface area contributed by atoms with Gasteiger partial charge in [0.15, 0.2) is 0 Å². The number of benzene rings is 1. The lowest BCUT2D eigenvalue weighted by Gasteiger charge is -2.15. The summed E-state index contributed by atoms with van der Waals surface area (Å²) in [6.45, 7) is 3.61. The molecule has 1 aromatic rings. The Hall–Kier alpha value is -1.89. The van der Waals surface area contributed by atoms with Crippen LogP contribution in [0.25, 0.3) is 0 Å². The Kier molecular flexibility index (Phi) is 6.36. The van der Waals surface area contributed by atoms with Crippen molar-refractivity contribution in [3.05, 3.63) is 29.3 Å². The zero-order chi connectivity index (χ0) is 16.0. The highest BCUT2D eigenvalue weighted by atomic mass is 32.2. The molecule has 0 radical (unpaired) electrons. The molecule has 0 aliphatic carbocycles. The fourth-order valence-corrected chi connectivity index (χ4v) is 2.37. The highest BCUT2D eigenvalue weighted by molar-refractivity contribution is 7.84. The van der Waals surface area contributed by atoms with Gasteiger partial charge in [0.05, 0.1) is 5.56 Å². The predicted octanol–water partition coefficient (Wildman–Crippen LogP) is 1.97. The van der Waals surface area contributed by atoms with Gasteiger partial charge in [0.25, 0.3) is 0 Å². The van der Waals surface area contributed by atoms with Crippen LogP contribution in [0.2, 0.25) is 0 Å². The Morgan fingerprint density at radius 3 is 2.62 bits per heavy atom. The number of carboxylic acids is 1. The quantitative estimate of drug-likeness (QED) is 0.748. The smallest absolute Gasteiger partial charge is 0.335 e. The molecule has 7 heteroatoms. The van der Waals surface area contributed by atoms with Crippen LogP contribution in [-0.2, 0) is 10.8 Å². The fourth-order valence-electron chi connectivity index (χ4n) is 1.69. The molecule has 0 aliphatic heterocycles. The normalized spacial score (nSPS) is 13.3. The molecule has 2 unspecified atom stereocenters. The summed E-state index contributed by atoms with van der Waals surface area (Å²) in [5, 5.41) is 14.3. The van der Waals surface area contributed by atoms with Crippen LogP contribution < -0.4 is 10.6 Å². The molecule has 3 N–H and O–H groups in total. The lowest BCUT2D eigenvalue weighted by molar-refractivity contribution is 0.0697. The molecule has 0 spiro atoms. The number of rotatable bonds is 6. The van der Waals surface area contributed by atoms with E-state index in [1.807, 2.05) is 6.92 Å². The molecule has 2 atom stereocenters. The van der Waals surface area contributed by atoms with E-state index in [0.717, 1.165) is 5.56 Å². The number of aromatic carboxylic acids is 1. The minimum absolute atomic E-state index is 0.114. The molecule has 1 rings (SSSR count). The van der Waals surface area contributed by atoms with E-state index in [2.05, 4.69) is 10.6 Å². The molecule has 0 bridgehead atoms. The van der Waals surface area contributed by atoms with Crippen LogP contribution >= 0.6 is 0 Å². The summed E-state index contributed by atoms with van der Waals surface area (Å²) in [5.74, 6) is -0.521. The van der Waals surface area contributed by atoms with E-state index >= 15 is 0 Å². The van der Waals surface area contributed by atoms with Crippen molar-refractivity contribution in [2.45, 2.75) is 26.3 Å². The third kappa shape index (κ3) is 5.95. The molecule has 0 saturated heterocycles.